The second kappa shape index (κ2) is 5.14. The molecule has 4 rings (SSSR count). The van der Waals surface area contributed by atoms with Gasteiger partial charge in [0.05, 0.1) is 11.8 Å². The molecule has 0 bridgehead atoms. The molecule has 0 aromatic carbocycles. The van der Waals surface area contributed by atoms with E-state index < -0.39 is 0 Å². The van der Waals surface area contributed by atoms with Crippen LogP contribution in [0.4, 0.5) is 0 Å². The minimum atomic E-state index is -0.125. The molecule has 5 heteroatoms. The van der Waals surface area contributed by atoms with Gasteiger partial charge in [-0.25, -0.2) is 0 Å². The molecule has 0 radical (unpaired) electrons. The molecule has 1 aromatic rings. The van der Waals surface area contributed by atoms with Crippen molar-refractivity contribution in [3.8, 4) is 0 Å². The monoisotopic (exact) mass is 302 g/mol. The second-order valence-corrected chi connectivity index (χ2v) is 6.98. The Hall–Kier alpha value is -1.78. The molecule has 2 amide bonds. The Labute approximate surface area is 130 Å². The molecule has 0 N–H and O–H groups in total. The van der Waals surface area contributed by atoms with Crippen LogP contribution >= 0.6 is 0 Å². The van der Waals surface area contributed by atoms with E-state index in [4.69, 9.17) is 4.42 Å². The lowest BCUT2D eigenvalue weighted by molar-refractivity contribution is -0.132. The van der Waals surface area contributed by atoms with Crippen LogP contribution in [0.25, 0.3) is 0 Å². The number of rotatable bonds is 3. The highest BCUT2D eigenvalue weighted by Crippen LogP contribution is 2.41. The summed E-state index contributed by atoms with van der Waals surface area (Å²) in [7, 11) is 0. The van der Waals surface area contributed by atoms with Gasteiger partial charge in [-0.15, -0.1) is 0 Å². The topological polar surface area (TPSA) is 53.8 Å². The Morgan fingerprint density at radius 1 is 1.36 bits per heavy atom. The maximum absolute atomic E-state index is 12.6. The molecule has 5 nitrogen and oxygen atoms in total. The molecule has 118 valence electrons. The summed E-state index contributed by atoms with van der Waals surface area (Å²) in [5.74, 6) is 1.32. The number of likely N-dealkylation sites (tertiary alicyclic amines) is 2. The summed E-state index contributed by atoms with van der Waals surface area (Å²) >= 11 is 0. The highest BCUT2D eigenvalue weighted by Gasteiger charge is 2.49. The molecule has 3 fully saturated rings. The number of amides is 2. The van der Waals surface area contributed by atoms with E-state index in [0.29, 0.717) is 24.6 Å². The molecule has 22 heavy (non-hydrogen) atoms. The van der Waals surface area contributed by atoms with E-state index >= 15 is 0 Å². The summed E-state index contributed by atoms with van der Waals surface area (Å²) in [6.07, 6.45) is 7.53. The predicted molar refractivity (Wildman–Crippen MR) is 80.2 cm³/mol. The van der Waals surface area contributed by atoms with Gasteiger partial charge in [-0.3, -0.25) is 9.59 Å². The van der Waals surface area contributed by atoms with Crippen LogP contribution < -0.4 is 0 Å². The summed E-state index contributed by atoms with van der Waals surface area (Å²) in [5.41, 5.74) is -0.125. The fourth-order valence-electron chi connectivity index (χ4n) is 3.99. The molecule has 1 aliphatic carbocycles. The van der Waals surface area contributed by atoms with Crippen LogP contribution in [0.15, 0.2) is 22.8 Å². The Balaban J connectivity index is 1.53. The first kappa shape index (κ1) is 13.9. The highest BCUT2D eigenvalue weighted by molar-refractivity contribution is 5.91. The van der Waals surface area contributed by atoms with Crippen LogP contribution in [0.1, 0.15) is 49.1 Å². The van der Waals surface area contributed by atoms with Crippen molar-refractivity contribution in [3.63, 3.8) is 0 Å². The van der Waals surface area contributed by atoms with E-state index in [2.05, 4.69) is 4.90 Å². The highest BCUT2D eigenvalue weighted by atomic mass is 16.3. The lowest BCUT2D eigenvalue weighted by atomic mass is 9.86. The van der Waals surface area contributed by atoms with Crippen LogP contribution in [0.3, 0.4) is 0 Å². The molecule has 0 unspecified atom stereocenters. The maximum atomic E-state index is 12.6. The van der Waals surface area contributed by atoms with Crippen LogP contribution in [-0.4, -0.2) is 46.8 Å². The van der Waals surface area contributed by atoms with Gasteiger partial charge in [-0.2, -0.15) is 0 Å². The zero-order chi connectivity index (χ0) is 15.2. The molecule has 2 saturated heterocycles. The number of hydrogen-bond acceptors (Lipinski definition) is 3. The summed E-state index contributed by atoms with van der Waals surface area (Å²) in [6, 6.07) is 3.46. The van der Waals surface area contributed by atoms with Crippen LogP contribution in [0.2, 0.25) is 0 Å². The predicted octanol–water partition coefficient (Wildman–Crippen LogP) is 2.29. The van der Waals surface area contributed by atoms with E-state index in [1.54, 1.807) is 12.1 Å². The average molecular weight is 302 g/mol. The molecule has 1 spiro atoms. The number of carbonyl (C=O) groups is 2. The van der Waals surface area contributed by atoms with Gasteiger partial charge in [-0.1, -0.05) is 0 Å². The third-order valence-corrected chi connectivity index (χ3v) is 5.39. The number of furan rings is 1. The maximum Gasteiger partial charge on any atom is 0.289 e. The normalized spacial score (nSPS) is 28.6. The van der Waals surface area contributed by atoms with Crippen molar-refractivity contribution < 1.29 is 14.0 Å². The Bertz CT molecular complexity index is 579. The van der Waals surface area contributed by atoms with Gasteiger partial charge in [0.15, 0.2) is 5.76 Å². The van der Waals surface area contributed by atoms with E-state index in [-0.39, 0.29) is 17.4 Å². The number of hydrogen-bond donors (Lipinski definition) is 0. The molecule has 1 saturated carbocycles. The molecule has 3 aliphatic rings. The summed E-state index contributed by atoms with van der Waals surface area (Å²) in [4.78, 5) is 28.9. The van der Waals surface area contributed by atoms with Gasteiger partial charge in [0.25, 0.3) is 5.91 Å². The summed E-state index contributed by atoms with van der Waals surface area (Å²) < 4.78 is 5.25. The molecule has 2 aliphatic heterocycles. The van der Waals surface area contributed by atoms with Crippen molar-refractivity contribution in [2.75, 3.05) is 19.6 Å². The van der Waals surface area contributed by atoms with E-state index in [1.165, 1.54) is 19.1 Å². The minimum Gasteiger partial charge on any atom is -0.459 e. The number of nitrogens with zero attached hydrogens (tertiary/aromatic N) is 2. The Kier molecular flexibility index (Phi) is 3.24. The first-order valence-corrected chi connectivity index (χ1v) is 8.31. The zero-order valence-corrected chi connectivity index (χ0v) is 12.8. The van der Waals surface area contributed by atoms with E-state index in [0.717, 1.165) is 32.4 Å². The fourth-order valence-corrected chi connectivity index (χ4v) is 3.99. The van der Waals surface area contributed by atoms with Gasteiger partial charge in [0.1, 0.15) is 0 Å². The molecule has 3 heterocycles. The zero-order valence-electron chi connectivity index (χ0n) is 12.8. The van der Waals surface area contributed by atoms with Crippen LogP contribution in [0, 0.1) is 5.92 Å². The molecular formula is C17H22N2O3. The first-order chi connectivity index (χ1) is 10.7. The number of piperidine rings is 1. The Morgan fingerprint density at radius 2 is 2.23 bits per heavy atom. The number of carbonyl (C=O) groups excluding carboxylic acids is 2. The third-order valence-electron chi connectivity index (χ3n) is 5.39. The standard InChI is InChI=1S/C17H22N2O3/c20-15-6-8-17(19(15)11-13-4-5-13)7-2-9-18(12-17)16(21)14-3-1-10-22-14/h1,3,10,13H,2,4-9,11-12H2/t17-/m0/s1. The van der Waals surface area contributed by atoms with Crippen LogP contribution in [0.5, 0.6) is 0 Å². The SMILES string of the molecule is O=C(c1ccco1)N1CCC[C@]2(CCC(=O)N2CC2CC2)C1. The van der Waals surface area contributed by atoms with Crippen molar-refractivity contribution in [2.24, 2.45) is 5.92 Å². The molecular weight excluding hydrogens is 280 g/mol. The smallest absolute Gasteiger partial charge is 0.289 e. The van der Waals surface area contributed by atoms with Gasteiger partial charge < -0.3 is 14.2 Å². The average Bonchev–Trinajstić information content (AvgIpc) is 3.10. The lowest BCUT2D eigenvalue weighted by Crippen LogP contribution is -2.58. The van der Waals surface area contributed by atoms with Gasteiger partial charge in [-0.05, 0) is 50.2 Å². The van der Waals surface area contributed by atoms with Gasteiger partial charge >= 0.3 is 0 Å². The van der Waals surface area contributed by atoms with Crippen molar-refractivity contribution in [2.45, 2.75) is 44.1 Å². The van der Waals surface area contributed by atoms with Crippen molar-refractivity contribution in [1.82, 2.24) is 9.80 Å². The fraction of sp³-hybridized carbons (Fsp3) is 0.647. The van der Waals surface area contributed by atoms with Gasteiger partial charge in [0.2, 0.25) is 5.91 Å². The second-order valence-electron chi connectivity index (χ2n) is 6.98. The largest absolute Gasteiger partial charge is 0.459 e. The summed E-state index contributed by atoms with van der Waals surface area (Å²) in [5, 5.41) is 0. The van der Waals surface area contributed by atoms with Crippen LogP contribution in [-0.2, 0) is 4.79 Å². The van der Waals surface area contributed by atoms with Crippen molar-refractivity contribution >= 4 is 11.8 Å². The third kappa shape index (κ3) is 2.32. The van der Waals surface area contributed by atoms with Crippen molar-refractivity contribution in [1.29, 1.82) is 0 Å². The minimum absolute atomic E-state index is 0.0465. The van der Waals surface area contributed by atoms with Gasteiger partial charge in [0, 0.05) is 26.1 Å². The Morgan fingerprint density at radius 3 is 2.95 bits per heavy atom. The van der Waals surface area contributed by atoms with E-state index in [1.807, 2.05) is 4.90 Å². The van der Waals surface area contributed by atoms with E-state index in [9.17, 15) is 9.59 Å². The summed E-state index contributed by atoms with van der Waals surface area (Å²) in [6.45, 7) is 2.30. The first-order valence-electron chi connectivity index (χ1n) is 8.31. The van der Waals surface area contributed by atoms with Crippen molar-refractivity contribution in [3.05, 3.63) is 24.2 Å². The molecule has 1 aromatic heterocycles. The molecule has 1 atom stereocenters. The lowest BCUT2D eigenvalue weighted by Gasteiger charge is -2.45. The quantitative estimate of drug-likeness (QED) is 0.861.